The van der Waals surface area contributed by atoms with Crippen LogP contribution in [0.15, 0.2) is 59.4 Å². The van der Waals surface area contributed by atoms with E-state index in [9.17, 15) is 44.3 Å². The number of nitrogens with zero attached hydrogens (tertiary/aromatic N) is 1. The van der Waals surface area contributed by atoms with Gasteiger partial charge in [0.1, 0.15) is 28.7 Å². The molecule has 5 N–H and O–H groups in total. The van der Waals surface area contributed by atoms with Crippen LogP contribution in [0.3, 0.4) is 0 Å². The monoisotopic (exact) mass is 523 g/mol. The van der Waals surface area contributed by atoms with Gasteiger partial charge in [-0.05, 0) is 50.3 Å². The first-order chi connectivity index (χ1) is 17.8. The van der Waals surface area contributed by atoms with E-state index in [1.807, 2.05) is 0 Å². The van der Waals surface area contributed by atoms with Gasteiger partial charge in [-0.1, -0.05) is 24.3 Å². The molecular weight excluding hydrogens is 497 g/mol. The van der Waals surface area contributed by atoms with Crippen molar-refractivity contribution in [2.45, 2.75) is 30.6 Å². The first-order valence-corrected chi connectivity index (χ1v) is 11.9. The van der Waals surface area contributed by atoms with E-state index in [4.69, 9.17) is 0 Å². The smallest absolute Gasteiger partial charge is 0.202 e. The fourth-order valence-electron chi connectivity index (χ4n) is 6.43. The van der Waals surface area contributed by atoms with E-state index in [2.05, 4.69) is 0 Å². The third kappa shape index (κ3) is 3.24. The molecule has 0 amide bonds. The van der Waals surface area contributed by atoms with Gasteiger partial charge in [-0.3, -0.25) is 19.3 Å². The van der Waals surface area contributed by atoms with Gasteiger partial charge in [0.15, 0.2) is 17.2 Å². The maximum atomic E-state index is 14.1. The van der Waals surface area contributed by atoms with Crippen LogP contribution in [0.5, 0.6) is 5.75 Å². The van der Waals surface area contributed by atoms with Crippen LogP contribution in [-0.2, 0) is 14.4 Å². The molecule has 2 aromatic rings. The molecule has 198 valence electrons. The SMILES string of the molecule is CC(=O)C1=C(O)[C@@]2(O)C(=O)C3=C(O)c4c(O)cccc4[C@@H](c4ccc(F)cc4)[C@H]3[C@H](O)[C@H]2[C@H](N(C)C)C1=O. The molecule has 0 radical (unpaired) electrons. The lowest BCUT2D eigenvalue weighted by atomic mass is 9.53. The van der Waals surface area contributed by atoms with Gasteiger partial charge in [0.05, 0.1) is 23.6 Å². The van der Waals surface area contributed by atoms with Gasteiger partial charge in [0, 0.05) is 17.4 Å². The largest absolute Gasteiger partial charge is 0.508 e. The fraction of sp³-hybridized carbons (Fsp3) is 0.321. The number of aliphatic hydroxyl groups is 4. The molecule has 0 saturated heterocycles. The summed E-state index contributed by atoms with van der Waals surface area (Å²) in [5.74, 6) is -9.63. The number of phenols is 1. The lowest BCUT2D eigenvalue weighted by molar-refractivity contribution is -0.169. The molecule has 2 aromatic carbocycles. The molecule has 3 aliphatic rings. The van der Waals surface area contributed by atoms with Gasteiger partial charge in [-0.15, -0.1) is 0 Å². The lowest BCUT2D eigenvalue weighted by Crippen LogP contribution is -2.70. The van der Waals surface area contributed by atoms with Gasteiger partial charge in [-0.25, -0.2) is 4.39 Å². The number of hydrogen-bond acceptors (Lipinski definition) is 9. The minimum absolute atomic E-state index is 0.123. The number of benzene rings is 2. The number of carbonyl (C=O) groups excluding carboxylic acids is 3. The van der Waals surface area contributed by atoms with Gasteiger partial charge < -0.3 is 25.5 Å². The number of phenolic OH excluding ortho intramolecular Hbond substituents is 1. The summed E-state index contributed by atoms with van der Waals surface area (Å²) in [5, 5.41) is 56.7. The number of halogens is 1. The van der Waals surface area contributed by atoms with Crippen LogP contribution in [0, 0.1) is 17.7 Å². The quantitative estimate of drug-likeness (QED) is 0.379. The second-order valence-corrected chi connectivity index (χ2v) is 10.2. The van der Waals surface area contributed by atoms with E-state index in [1.54, 1.807) is 6.07 Å². The number of fused-ring (bicyclic) bond motifs is 3. The summed E-state index contributed by atoms with van der Waals surface area (Å²) in [6, 6.07) is 8.22. The zero-order valence-corrected chi connectivity index (χ0v) is 20.7. The van der Waals surface area contributed by atoms with Crippen molar-refractivity contribution in [2.24, 2.45) is 11.8 Å². The summed E-state index contributed by atoms with van der Waals surface area (Å²) in [6.07, 6.45) is -1.73. The summed E-state index contributed by atoms with van der Waals surface area (Å²) in [5.41, 5.74) is -3.55. The zero-order chi connectivity index (χ0) is 27.8. The summed E-state index contributed by atoms with van der Waals surface area (Å²) >= 11 is 0. The van der Waals surface area contributed by atoms with Crippen molar-refractivity contribution in [1.82, 2.24) is 4.90 Å². The molecule has 1 saturated carbocycles. The Morgan fingerprint density at radius 1 is 1.03 bits per heavy atom. The normalized spacial score (nSPS) is 30.8. The highest BCUT2D eigenvalue weighted by molar-refractivity contribution is 6.25. The summed E-state index contributed by atoms with van der Waals surface area (Å²) in [7, 11) is 2.93. The van der Waals surface area contributed by atoms with Crippen LogP contribution in [-0.4, -0.2) is 79.6 Å². The van der Waals surface area contributed by atoms with Crippen LogP contribution in [0.25, 0.3) is 5.76 Å². The van der Waals surface area contributed by atoms with E-state index in [0.29, 0.717) is 11.1 Å². The van der Waals surface area contributed by atoms with Crippen molar-refractivity contribution in [1.29, 1.82) is 0 Å². The van der Waals surface area contributed by atoms with Crippen molar-refractivity contribution < 1.29 is 44.3 Å². The Kier molecular flexibility index (Phi) is 5.82. The maximum Gasteiger partial charge on any atom is 0.202 e. The van der Waals surface area contributed by atoms with Crippen molar-refractivity contribution in [2.75, 3.05) is 14.1 Å². The number of aromatic hydroxyl groups is 1. The molecular formula is C28H26FNO8. The molecule has 6 atom stereocenters. The highest BCUT2D eigenvalue weighted by Gasteiger charge is 2.68. The number of aliphatic hydroxyl groups excluding tert-OH is 3. The first kappa shape index (κ1) is 25.8. The Bertz CT molecular complexity index is 1460. The van der Waals surface area contributed by atoms with E-state index < -0.39 is 81.3 Å². The van der Waals surface area contributed by atoms with Crippen molar-refractivity contribution in [3.05, 3.63) is 81.9 Å². The van der Waals surface area contributed by atoms with E-state index >= 15 is 0 Å². The van der Waals surface area contributed by atoms with Crippen LogP contribution < -0.4 is 0 Å². The van der Waals surface area contributed by atoms with Crippen molar-refractivity contribution in [3.63, 3.8) is 0 Å². The summed E-state index contributed by atoms with van der Waals surface area (Å²) < 4.78 is 13.8. The van der Waals surface area contributed by atoms with Crippen LogP contribution >= 0.6 is 0 Å². The van der Waals surface area contributed by atoms with E-state index in [-0.39, 0.29) is 11.3 Å². The van der Waals surface area contributed by atoms with Crippen LogP contribution in [0.1, 0.15) is 29.5 Å². The van der Waals surface area contributed by atoms with Gasteiger partial charge in [0.25, 0.3) is 0 Å². The molecule has 0 unspecified atom stereocenters. The second-order valence-electron chi connectivity index (χ2n) is 10.2. The highest BCUT2D eigenvalue weighted by Crippen LogP contribution is 2.57. The summed E-state index contributed by atoms with van der Waals surface area (Å²) in [4.78, 5) is 41.2. The van der Waals surface area contributed by atoms with Gasteiger partial charge in [-0.2, -0.15) is 0 Å². The maximum absolute atomic E-state index is 14.1. The Hall–Kier alpha value is -3.86. The zero-order valence-electron chi connectivity index (χ0n) is 20.7. The second kappa shape index (κ2) is 8.59. The Morgan fingerprint density at radius 2 is 1.66 bits per heavy atom. The van der Waals surface area contributed by atoms with Gasteiger partial charge >= 0.3 is 0 Å². The Labute approximate surface area is 216 Å². The predicted octanol–water partition coefficient (Wildman–Crippen LogP) is 1.77. The standard InChI is InChI=1S/C28H26FNO8/c1-11(31)16-25(35)22(30(2)3)21-24(34)19-17(12-7-9-13(29)10-8-12)14-5-4-6-15(32)18(14)23(33)20(19)27(37)28(21,38)26(16)36/h4-10,17,19,21-22,24,32-34,36,38H,1-3H3/t17-,19-,21-,22+,24+,28-/m1/s1. The molecule has 3 aliphatic carbocycles. The topological polar surface area (TPSA) is 156 Å². The number of hydrogen-bond donors (Lipinski definition) is 5. The average Bonchev–Trinajstić information content (AvgIpc) is 2.84. The molecule has 10 heteroatoms. The lowest BCUT2D eigenvalue weighted by Gasteiger charge is -2.54. The van der Waals surface area contributed by atoms with Crippen LogP contribution in [0.4, 0.5) is 4.39 Å². The molecule has 9 nitrogen and oxygen atoms in total. The Balaban J connectivity index is 1.86. The predicted molar refractivity (Wildman–Crippen MR) is 132 cm³/mol. The number of Topliss-reactive ketones (excluding diaryl/α,β-unsaturated/α-hetero) is 3. The minimum atomic E-state index is -2.93. The third-order valence-electron chi connectivity index (χ3n) is 7.99. The molecule has 0 spiro atoms. The number of ketones is 3. The molecule has 0 aromatic heterocycles. The van der Waals surface area contributed by atoms with E-state index in [0.717, 1.165) is 6.92 Å². The molecule has 0 bridgehead atoms. The highest BCUT2D eigenvalue weighted by atomic mass is 19.1. The van der Waals surface area contributed by atoms with Crippen molar-refractivity contribution in [3.8, 4) is 5.75 Å². The number of rotatable bonds is 3. The van der Waals surface area contributed by atoms with E-state index in [1.165, 1.54) is 55.4 Å². The fourth-order valence-corrected chi connectivity index (χ4v) is 6.43. The third-order valence-corrected chi connectivity index (χ3v) is 7.99. The Morgan fingerprint density at radius 3 is 2.24 bits per heavy atom. The molecule has 5 rings (SSSR count). The molecule has 0 heterocycles. The molecule has 1 fully saturated rings. The molecule has 38 heavy (non-hydrogen) atoms. The number of carbonyl (C=O) groups is 3. The summed E-state index contributed by atoms with van der Waals surface area (Å²) in [6.45, 7) is 1.00. The average molecular weight is 524 g/mol. The van der Waals surface area contributed by atoms with Crippen LogP contribution in [0.2, 0.25) is 0 Å². The minimum Gasteiger partial charge on any atom is -0.508 e. The molecule has 0 aliphatic heterocycles. The number of likely N-dealkylation sites (N-methyl/N-ethyl adjacent to an activating group) is 1. The van der Waals surface area contributed by atoms with Crippen molar-refractivity contribution >= 4 is 23.1 Å². The first-order valence-electron chi connectivity index (χ1n) is 11.9. The van der Waals surface area contributed by atoms with Gasteiger partial charge in [0.2, 0.25) is 5.78 Å².